The van der Waals surface area contributed by atoms with Crippen molar-refractivity contribution < 1.29 is 23.1 Å². The highest BCUT2D eigenvalue weighted by Gasteiger charge is 2.15. The van der Waals surface area contributed by atoms with E-state index in [1.165, 1.54) is 12.1 Å². The lowest BCUT2D eigenvalue weighted by molar-refractivity contribution is -0.116. The first-order valence-corrected chi connectivity index (χ1v) is 11.6. The van der Waals surface area contributed by atoms with Gasteiger partial charge in [-0.05, 0) is 67.8 Å². The minimum absolute atomic E-state index is 0.242. The Bertz CT molecular complexity index is 1340. The molecule has 0 saturated carbocycles. The molecule has 1 amide bonds. The summed E-state index contributed by atoms with van der Waals surface area (Å²) >= 11 is 0. The summed E-state index contributed by atoms with van der Waals surface area (Å²) < 4.78 is 30.4. The van der Waals surface area contributed by atoms with Gasteiger partial charge in [-0.1, -0.05) is 24.3 Å². The number of benzene rings is 3. The second-order valence-corrected chi connectivity index (χ2v) is 8.06. The van der Waals surface area contributed by atoms with Crippen LogP contribution in [0.1, 0.15) is 31.9 Å². The number of nitrogens with one attached hydrogen (secondary N) is 1. The van der Waals surface area contributed by atoms with Gasteiger partial charge < -0.3 is 19.2 Å². The Kier molecular flexibility index (Phi) is 7.51. The number of hydrogen-bond acceptors (Lipinski definition) is 4. The highest BCUT2D eigenvalue weighted by atomic mass is 19.1. The van der Waals surface area contributed by atoms with Crippen molar-refractivity contribution in [1.29, 1.82) is 0 Å². The van der Waals surface area contributed by atoms with Gasteiger partial charge in [0.25, 0.3) is 0 Å². The third-order valence-corrected chi connectivity index (χ3v) is 5.60. The van der Waals surface area contributed by atoms with Gasteiger partial charge in [0.1, 0.15) is 22.9 Å². The molecule has 5 nitrogen and oxygen atoms in total. The van der Waals surface area contributed by atoms with Crippen LogP contribution in [-0.2, 0) is 11.3 Å². The quantitative estimate of drug-likeness (QED) is 0.273. The van der Waals surface area contributed by atoms with E-state index in [2.05, 4.69) is 5.32 Å². The van der Waals surface area contributed by atoms with Gasteiger partial charge >= 0.3 is 0 Å². The summed E-state index contributed by atoms with van der Waals surface area (Å²) in [6.07, 6.45) is 3.28. The lowest BCUT2D eigenvalue weighted by Gasteiger charge is -2.12. The normalized spacial score (nSPS) is 11.5. The average molecular weight is 474 g/mol. The van der Waals surface area contributed by atoms with Crippen molar-refractivity contribution >= 4 is 22.4 Å². The van der Waals surface area contributed by atoms with Crippen molar-refractivity contribution in [3.8, 4) is 22.6 Å². The highest BCUT2D eigenvalue weighted by Crippen LogP contribution is 2.38. The van der Waals surface area contributed by atoms with E-state index >= 15 is 0 Å². The number of carbonyl (C=O) groups is 1. The van der Waals surface area contributed by atoms with Crippen LogP contribution >= 0.6 is 0 Å². The van der Waals surface area contributed by atoms with Gasteiger partial charge in [0.2, 0.25) is 5.91 Å². The maximum absolute atomic E-state index is 13.1. The maximum atomic E-state index is 13.1. The second-order valence-electron chi connectivity index (χ2n) is 8.06. The van der Waals surface area contributed by atoms with Crippen LogP contribution in [0.4, 0.5) is 4.39 Å². The zero-order valence-electron chi connectivity index (χ0n) is 20.1. The van der Waals surface area contributed by atoms with Gasteiger partial charge in [0, 0.05) is 35.2 Å². The number of furan rings is 1. The van der Waals surface area contributed by atoms with Crippen molar-refractivity contribution in [2.75, 3.05) is 13.2 Å². The van der Waals surface area contributed by atoms with Crippen molar-refractivity contribution in [3.05, 3.63) is 89.9 Å². The Hall–Kier alpha value is -4.06. The number of ether oxygens (including phenoxy) is 2. The second kappa shape index (κ2) is 10.9. The van der Waals surface area contributed by atoms with E-state index in [9.17, 15) is 9.18 Å². The van der Waals surface area contributed by atoms with Crippen LogP contribution in [0.5, 0.6) is 11.5 Å². The molecule has 0 saturated heterocycles. The van der Waals surface area contributed by atoms with Gasteiger partial charge in [-0.3, -0.25) is 4.79 Å². The smallest absolute Gasteiger partial charge is 0.244 e. The number of rotatable bonds is 9. The molecule has 1 aromatic heterocycles. The molecule has 0 unspecified atom stereocenters. The van der Waals surface area contributed by atoms with Crippen LogP contribution in [0.3, 0.4) is 0 Å². The largest absolute Gasteiger partial charge is 0.494 e. The molecule has 0 aliphatic carbocycles. The van der Waals surface area contributed by atoms with Gasteiger partial charge in [0.05, 0.1) is 19.5 Å². The van der Waals surface area contributed by atoms with Crippen LogP contribution in [0.2, 0.25) is 0 Å². The monoisotopic (exact) mass is 473 g/mol. The Morgan fingerprint density at radius 1 is 1.00 bits per heavy atom. The van der Waals surface area contributed by atoms with Crippen molar-refractivity contribution in [3.63, 3.8) is 0 Å². The molecule has 1 N–H and O–H groups in total. The Morgan fingerprint density at radius 2 is 1.71 bits per heavy atom. The molecule has 180 valence electrons. The van der Waals surface area contributed by atoms with E-state index in [1.54, 1.807) is 24.5 Å². The van der Waals surface area contributed by atoms with Crippen molar-refractivity contribution in [2.24, 2.45) is 0 Å². The van der Waals surface area contributed by atoms with E-state index in [0.717, 1.165) is 39.0 Å². The van der Waals surface area contributed by atoms with Crippen LogP contribution in [-0.4, -0.2) is 19.1 Å². The van der Waals surface area contributed by atoms with Crippen LogP contribution in [0, 0.1) is 5.82 Å². The van der Waals surface area contributed by atoms with Gasteiger partial charge in [0.15, 0.2) is 0 Å². The molecule has 0 spiro atoms. The van der Waals surface area contributed by atoms with Crippen molar-refractivity contribution in [1.82, 2.24) is 5.32 Å². The lowest BCUT2D eigenvalue weighted by atomic mass is 9.99. The molecule has 0 aliphatic heterocycles. The Morgan fingerprint density at radius 3 is 2.40 bits per heavy atom. The molecule has 35 heavy (non-hydrogen) atoms. The number of allylic oxidation sites excluding steroid dienone is 1. The average Bonchev–Trinajstić information content (AvgIpc) is 3.27. The van der Waals surface area contributed by atoms with Gasteiger partial charge in [-0.15, -0.1) is 0 Å². The molecular weight excluding hydrogens is 445 g/mol. The number of fused-ring (bicyclic) bond motifs is 1. The lowest BCUT2D eigenvalue weighted by Crippen LogP contribution is -2.20. The standard InChI is InChI=1S/C29H28FNO4/c1-4-33-23-12-8-21(9-13-23)26-18-35-28-16-27(34-5-2)24(15-25(26)28)19(3)14-29(32)31-17-20-6-10-22(30)11-7-20/h6-16,18H,4-5,17H2,1-3H3,(H,31,32)/b19-14+. The van der Waals surface area contributed by atoms with Crippen molar-refractivity contribution in [2.45, 2.75) is 27.3 Å². The number of hydrogen-bond donors (Lipinski definition) is 1. The fraction of sp³-hybridized carbons (Fsp3) is 0.207. The number of amides is 1. The van der Waals surface area contributed by atoms with Crippen LogP contribution in [0.25, 0.3) is 27.7 Å². The Balaban J connectivity index is 1.62. The van der Waals surface area contributed by atoms with Gasteiger partial charge in [-0.25, -0.2) is 4.39 Å². The molecule has 0 atom stereocenters. The summed E-state index contributed by atoms with van der Waals surface area (Å²) in [4.78, 5) is 12.6. The molecule has 3 aromatic carbocycles. The first-order chi connectivity index (χ1) is 17.0. The fourth-order valence-electron chi connectivity index (χ4n) is 3.88. The summed E-state index contributed by atoms with van der Waals surface area (Å²) in [6.45, 7) is 7.14. The minimum atomic E-state index is -0.307. The van der Waals surface area contributed by atoms with Crippen LogP contribution < -0.4 is 14.8 Å². The predicted octanol–water partition coefficient (Wildman–Crippen LogP) is 6.76. The number of carbonyl (C=O) groups excluding carboxylic acids is 1. The molecule has 1 heterocycles. The van der Waals surface area contributed by atoms with Crippen LogP contribution in [0.15, 0.2) is 77.4 Å². The van der Waals surface area contributed by atoms with E-state index < -0.39 is 0 Å². The first-order valence-electron chi connectivity index (χ1n) is 11.6. The number of halogens is 1. The summed E-state index contributed by atoms with van der Waals surface area (Å²) in [5, 5.41) is 3.77. The first kappa shape index (κ1) is 24.1. The molecule has 0 bridgehead atoms. The molecule has 4 aromatic rings. The maximum Gasteiger partial charge on any atom is 0.244 e. The fourth-order valence-corrected chi connectivity index (χ4v) is 3.88. The molecule has 0 aliphatic rings. The SMILES string of the molecule is CCOc1ccc(-c2coc3cc(OCC)c(/C(C)=C/C(=O)NCc4ccc(F)cc4)cc23)cc1. The molecule has 0 radical (unpaired) electrons. The van der Waals surface area contributed by atoms with E-state index in [-0.39, 0.29) is 11.7 Å². The Labute approximate surface area is 204 Å². The third kappa shape index (κ3) is 5.72. The van der Waals surface area contributed by atoms with E-state index in [4.69, 9.17) is 13.9 Å². The zero-order chi connectivity index (χ0) is 24.8. The zero-order valence-corrected chi connectivity index (χ0v) is 20.1. The summed E-state index contributed by atoms with van der Waals surface area (Å²) in [5.41, 5.74) is 5.04. The summed E-state index contributed by atoms with van der Waals surface area (Å²) in [6, 6.07) is 17.8. The molecule has 4 rings (SSSR count). The molecular formula is C29H28FNO4. The van der Waals surface area contributed by atoms with E-state index in [0.29, 0.717) is 31.1 Å². The minimum Gasteiger partial charge on any atom is -0.494 e. The summed E-state index contributed by atoms with van der Waals surface area (Å²) in [5.74, 6) is 0.910. The van der Waals surface area contributed by atoms with E-state index in [1.807, 2.05) is 57.2 Å². The predicted molar refractivity (Wildman–Crippen MR) is 136 cm³/mol. The molecule has 0 fully saturated rings. The topological polar surface area (TPSA) is 60.7 Å². The third-order valence-electron chi connectivity index (χ3n) is 5.60. The summed E-state index contributed by atoms with van der Waals surface area (Å²) in [7, 11) is 0. The van der Waals surface area contributed by atoms with Gasteiger partial charge in [-0.2, -0.15) is 0 Å². The molecule has 6 heteroatoms. The highest BCUT2D eigenvalue weighted by molar-refractivity contribution is 6.00.